The summed E-state index contributed by atoms with van der Waals surface area (Å²) < 4.78 is 1.73. The van der Waals surface area contributed by atoms with Gasteiger partial charge in [0, 0.05) is 31.3 Å². The molecule has 2 aliphatic rings. The summed E-state index contributed by atoms with van der Waals surface area (Å²) in [6.45, 7) is 1.88. The second kappa shape index (κ2) is 6.55. The van der Waals surface area contributed by atoms with E-state index in [0.717, 1.165) is 17.1 Å². The SMILES string of the molecule is Cc1nc(C2CC2)ccc1C(=O)N[C@@H]1CCC(=O)N[C@H]1c1ccnn1C. The number of hydrogen-bond acceptors (Lipinski definition) is 4. The highest BCUT2D eigenvalue weighted by Gasteiger charge is 2.33. The second-order valence-corrected chi connectivity index (χ2v) is 7.19. The summed E-state index contributed by atoms with van der Waals surface area (Å²) in [4.78, 5) is 29.3. The second-order valence-electron chi connectivity index (χ2n) is 7.19. The van der Waals surface area contributed by atoms with Gasteiger partial charge in [-0.1, -0.05) is 0 Å². The molecule has 1 aliphatic carbocycles. The molecule has 0 radical (unpaired) electrons. The molecule has 3 heterocycles. The molecule has 0 unspecified atom stereocenters. The van der Waals surface area contributed by atoms with Crippen LogP contribution in [-0.4, -0.2) is 32.6 Å². The number of nitrogens with one attached hydrogen (secondary N) is 2. The Labute approximate surface area is 152 Å². The van der Waals surface area contributed by atoms with Gasteiger partial charge in [0.05, 0.1) is 29.0 Å². The molecule has 7 heteroatoms. The van der Waals surface area contributed by atoms with Crippen LogP contribution in [0.4, 0.5) is 0 Å². The number of carbonyl (C=O) groups excluding carboxylic acids is 2. The highest BCUT2D eigenvalue weighted by atomic mass is 16.2. The van der Waals surface area contributed by atoms with Crippen molar-refractivity contribution in [1.82, 2.24) is 25.4 Å². The van der Waals surface area contributed by atoms with Crippen LogP contribution in [0.5, 0.6) is 0 Å². The van der Waals surface area contributed by atoms with Crippen LogP contribution in [0.3, 0.4) is 0 Å². The van der Waals surface area contributed by atoms with E-state index in [1.807, 2.05) is 32.2 Å². The highest BCUT2D eigenvalue weighted by Crippen LogP contribution is 2.39. The van der Waals surface area contributed by atoms with Crippen molar-refractivity contribution in [1.29, 1.82) is 0 Å². The number of nitrogens with zero attached hydrogens (tertiary/aromatic N) is 3. The molecule has 2 aromatic rings. The van der Waals surface area contributed by atoms with E-state index in [4.69, 9.17) is 0 Å². The minimum atomic E-state index is -0.285. The zero-order valence-electron chi connectivity index (χ0n) is 15.0. The quantitative estimate of drug-likeness (QED) is 0.876. The largest absolute Gasteiger partial charge is 0.347 e. The lowest BCUT2D eigenvalue weighted by atomic mass is 9.94. The fraction of sp³-hybridized carbons (Fsp3) is 0.474. The first-order chi connectivity index (χ1) is 12.5. The molecule has 0 spiro atoms. The maximum atomic E-state index is 12.8. The number of pyridine rings is 1. The fourth-order valence-corrected chi connectivity index (χ4v) is 3.60. The van der Waals surface area contributed by atoms with Gasteiger partial charge < -0.3 is 10.6 Å². The summed E-state index contributed by atoms with van der Waals surface area (Å²) >= 11 is 0. The van der Waals surface area contributed by atoms with E-state index < -0.39 is 0 Å². The van der Waals surface area contributed by atoms with Crippen LogP contribution in [0.2, 0.25) is 0 Å². The first kappa shape index (κ1) is 16.8. The average Bonchev–Trinajstić information content (AvgIpc) is 3.38. The van der Waals surface area contributed by atoms with Crippen LogP contribution in [0.25, 0.3) is 0 Å². The number of carbonyl (C=O) groups is 2. The van der Waals surface area contributed by atoms with Gasteiger partial charge in [-0.25, -0.2) is 0 Å². The summed E-state index contributed by atoms with van der Waals surface area (Å²) in [5.74, 6) is 0.410. The van der Waals surface area contributed by atoms with Crippen LogP contribution in [0.15, 0.2) is 24.4 Å². The third kappa shape index (κ3) is 3.21. The van der Waals surface area contributed by atoms with Gasteiger partial charge >= 0.3 is 0 Å². The molecule has 2 aromatic heterocycles. The van der Waals surface area contributed by atoms with E-state index in [9.17, 15) is 9.59 Å². The summed E-state index contributed by atoms with van der Waals surface area (Å²) in [7, 11) is 1.83. The molecule has 7 nitrogen and oxygen atoms in total. The zero-order chi connectivity index (χ0) is 18.3. The molecule has 0 aromatic carbocycles. The van der Waals surface area contributed by atoms with Crippen molar-refractivity contribution in [3.63, 3.8) is 0 Å². The number of piperidine rings is 1. The van der Waals surface area contributed by atoms with Gasteiger partial charge in [-0.15, -0.1) is 0 Å². The number of rotatable bonds is 4. The molecule has 1 saturated heterocycles. The van der Waals surface area contributed by atoms with Gasteiger partial charge in [-0.05, 0) is 44.4 Å². The molecule has 2 amide bonds. The Morgan fingerprint density at radius 1 is 1.27 bits per heavy atom. The molecule has 26 heavy (non-hydrogen) atoms. The van der Waals surface area contributed by atoms with E-state index >= 15 is 0 Å². The summed E-state index contributed by atoms with van der Waals surface area (Å²) in [6.07, 6.45) is 5.06. The minimum absolute atomic E-state index is 0.00617. The van der Waals surface area contributed by atoms with E-state index in [1.165, 1.54) is 12.8 Å². The summed E-state index contributed by atoms with van der Waals surface area (Å²) in [5, 5.41) is 10.3. The summed E-state index contributed by atoms with van der Waals surface area (Å²) in [6, 6.07) is 5.23. The molecule has 1 aliphatic heterocycles. The number of amides is 2. The lowest BCUT2D eigenvalue weighted by molar-refractivity contribution is -0.123. The predicted octanol–water partition coefficient (Wildman–Crippen LogP) is 1.75. The van der Waals surface area contributed by atoms with Gasteiger partial charge in [0.15, 0.2) is 0 Å². The molecule has 2 N–H and O–H groups in total. The minimum Gasteiger partial charge on any atom is -0.347 e. The third-order valence-corrected chi connectivity index (χ3v) is 5.24. The molecular formula is C19H23N5O2. The van der Waals surface area contributed by atoms with Gasteiger partial charge in [0.25, 0.3) is 5.91 Å². The lowest BCUT2D eigenvalue weighted by Gasteiger charge is -2.33. The first-order valence-corrected chi connectivity index (χ1v) is 9.08. The molecule has 0 bridgehead atoms. The van der Waals surface area contributed by atoms with Gasteiger partial charge in [0.1, 0.15) is 0 Å². The van der Waals surface area contributed by atoms with Crippen molar-refractivity contribution >= 4 is 11.8 Å². The highest BCUT2D eigenvalue weighted by molar-refractivity contribution is 5.95. The Bertz CT molecular complexity index is 855. The monoisotopic (exact) mass is 353 g/mol. The van der Waals surface area contributed by atoms with Gasteiger partial charge in [-0.3, -0.25) is 19.3 Å². The molecular weight excluding hydrogens is 330 g/mol. The van der Waals surface area contributed by atoms with Crippen LogP contribution in [-0.2, 0) is 11.8 Å². The van der Waals surface area contributed by atoms with Gasteiger partial charge in [0.2, 0.25) is 5.91 Å². The summed E-state index contributed by atoms with van der Waals surface area (Å²) in [5.41, 5.74) is 3.30. The van der Waals surface area contributed by atoms with Crippen molar-refractivity contribution in [3.8, 4) is 0 Å². The predicted molar refractivity (Wildman–Crippen MR) is 95.5 cm³/mol. The Kier molecular flexibility index (Phi) is 4.22. The Hall–Kier alpha value is -2.70. The van der Waals surface area contributed by atoms with E-state index in [1.54, 1.807) is 10.9 Å². The number of aryl methyl sites for hydroxylation is 2. The molecule has 136 valence electrons. The van der Waals surface area contributed by atoms with Crippen molar-refractivity contribution in [2.45, 2.75) is 50.6 Å². The van der Waals surface area contributed by atoms with E-state index in [0.29, 0.717) is 24.3 Å². The Morgan fingerprint density at radius 2 is 2.08 bits per heavy atom. The van der Waals surface area contributed by atoms with E-state index in [-0.39, 0.29) is 23.9 Å². The van der Waals surface area contributed by atoms with Crippen molar-refractivity contribution in [2.75, 3.05) is 0 Å². The topological polar surface area (TPSA) is 88.9 Å². The zero-order valence-corrected chi connectivity index (χ0v) is 15.0. The maximum Gasteiger partial charge on any atom is 0.253 e. The van der Waals surface area contributed by atoms with Crippen LogP contribution < -0.4 is 10.6 Å². The van der Waals surface area contributed by atoms with Crippen molar-refractivity contribution < 1.29 is 9.59 Å². The molecule has 2 atom stereocenters. The van der Waals surface area contributed by atoms with Crippen LogP contribution in [0.1, 0.15) is 65.1 Å². The first-order valence-electron chi connectivity index (χ1n) is 9.08. The van der Waals surface area contributed by atoms with Gasteiger partial charge in [-0.2, -0.15) is 5.10 Å². The molecule has 4 rings (SSSR count). The Balaban J connectivity index is 1.53. The smallest absolute Gasteiger partial charge is 0.253 e. The van der Waals surface area contributed by atoms with Crippen LogP contribution >= 0.6 is 0 Å². The average molecular weight is 353 g/mol. The van der Waals surface area contributed by atoms with Crippen LogP contribution in [0, 0.1) is 6.92 Å². The standard InChI is InChI=1S/C19H23N5O2/c1-11-13(5-6-14(21-11)12-3-4-12)19(26)22-15-7-8-17(25)23-18(15)16-9-10-20-24(16)2/h5-6,9-10,12,15,18H,3-4,7-8H2,1-2H3,(H,22,26)(H,23,25)/t15-,18-/m1/s1. The normalized spacial score (nSPS) is 22.8. The number of aromatic nitrogens is 3. The molecule has 2 fully saturated rings. The van der Waals surface area contributed by atoms with Crippen molar-refractivity contribution in [2.24, 2.45) is 7.05 Å². The number of hydrogen-bond donors (Lipinski definition) is 2. The Morgan fingerprint density at radius 3 is 2.73 bits per heavy atom. The van der Waals surface area contributed by atoms with E-state index in [2.05, 4.69) is 20.7 Å². The van der Waals surface area contributed by atoms with Crippen molar-refractivity contribution in [3.05, 3.63) is 47.0 Å². The maximum absolute atomic E-state index is 12.8. The fourth-order valence-electron chi connectivity index (χ4n) is 3.60. The molecule has 1 saturated carbocycles. The third-order valence-electron chi connectivity index (χ3n) is 5.24. The lowest BCUT2D eigenvalue weighted by Crippen LogP contribution is -2.50.